The summed E-state index contributed by atoms with van der Waals surface area (Å²) in [5, 5.41) is 0. The van der Waals surface area contributed by atoms with Crippen LogP contribution in [0.2, 0.25) is 0 Å². The van der Waals surface area contributed by atoms with Gasteiger partial charge in [-0.2, -0.15) is 0 Å². The molecule has 1 aliphatic carbocycles. The highest BCUT2D eigenvalue weighted by Gasteiger charge is 2.56. The van der Waals surface area contributed by atoms with E-state index in [1.807, 2.05) is 36.4 Å². The number of carbonyl (C=O) groups is 1. The zero-order valence-electron chi connectivity index (χ0n) is 11.7. The number of ketones is 1. The molecule has 0 heterocycles. The molecule has 0 saturated heterocycles. The largest absolute Gasteiger partial charge is 0.293 e. The van der Waals surface area contributed by atoms with Gasteiger partial charge in [-0.3, -0.25) is 4.79 Å². The summed E-state index contributed by atoms with van der Waals surface area (Å²) in [6.07, 6.45) is 0.703. The molecule has 1 atom stereocenters. The molecule has 0 aromatic heterocycles. The lowest BCUT2D eigenvalue weighted by atomic mass is 9.75. The smallest absolute Gasteiger partial charge is 0.181 e. The van der Waals surface area contributed by atoms with Gasteiger partial charge in [0.05, 0.1) is 0 Å². The second-order valence-electron chi connectivity index (χ2n) is 5.96. The van der Waals surface area contributed by atoms with E-state index in [0.717, 1.165) is 11.1 Å². The van der Waals surface area contributed by atoms with Crippen molar-refractivity contribution in [2.45, 2.75) is 30.0 Å². The van der Waals surface area contributed by atoms with Crippen LogP contribution in [0.1, 0.15) is 35.3 Å². The van der Waals surface area contributed by atoms with Gasteiger partial charge in [0.2, 0.25) is 0 Å². The minimum Gasteiger partial charge on any atom is -0.293 e. The van der Waals surface area contributed by atoms with Crippen LogP contribution in [0.4, 0.5) is 0 Å². The van der Waals surface area contributed by atoms with Crippen molar-refractivity contribution in [2.75, 3.05) is 0 Å². The quantitative estimate of drug-likeness (QED) is 0.740. The third kappa shape index (κ3) is 1.78. The van der Waals surface area contributed by atoms with Crippen molar-refractivity contribution < 1.29 is 4.79 Å². The number of fused-ring (bicyclic) bond motifs is 1. The third-order valence-electron chi connectivity index (χ3n) is 4.49. The van der Waals surface area contributed by atoms with Crippen molar-refractivity contribution in [1.29, 1.82) is 0 Å². The second-order valence-corrected chi connectivity index (χ2v) is 7.32. The molecular formula is C18H17BrO. The Balaban J connectivity index is 2.09. The van der Waals surface area contributed by atoms with Crippen LogP contribution in [0.15, 0.2) is 54.6 Å². The van der Waals surface area contributed by atoms with E-state index < -0.39 is 4.32 Å². The van der Waals surface area contributed by atoms with Crippen molar-refractivity contribution in [3.8, 4) is 0 Å². The maximum absolute atomic E-state index is 12.9. The lowest BCUT2D eigenvalue weighted by Crippen LogP contribution is -2.44. The molecule has 1 aliphatic rings. The molecule has 2 aromatic carbocycles. The highest BCUT2D eigenvalue weighted by Crippen LogP contribution is 2.52. The minimum atomic E-state index is -0.564. The average molecular weight is 329 g/mol. The molecule has 0 spiro atoms. The molecule has 0 radical (unpaired) electrons. The normalized spacial score (nSPS) is 23.6. The highest BCUT2D eigenvalue weighted by atomic mass is 79.9. The maximum atomic E-state index is 12.9. The van der Waals surface area contributed by atoms with Crippen LogP contribution in [0.5, 0.6) is 0 Å². The molecule has 0 fully saturated rings. The summed E-state index contributed by atoms with van der Waals surface area (Å²) in [7, 11) is 0. The molecule has 2 aromatic rings. The summed E-state index contributed by atoms with van der Waals surface area (Å²) in [6.45, 7) is 4.29. The highest BCUT2D eigenvalue weighted by molar-refractivity contribution is 9.10. The Kier molecular flexibility index (Phi) is 3.09. The fourth-order valence-electron chi connectivity index (χ4n) is 3.12. The van der Waals surface area contributed by atoms with E-state index in [2.05, 4.69) is 48.0 Å². The van der Waals surface area contributed by atoms with Crippen LogP contribution >= 0.6 is 15.9 Å². The number of benzene rings is 2. The first kappa shape index (κ1) is 13.6. The predicted octanol–water partition coefficient (Wildman–Crippen LogP) is 4.54. The lowest BCUT2D eigenvalue weighted by molar-refractivity contribution is 0.0933. The van der Waals surface area contributed by atoms with Gasteiger partial charge in [0, 0.05) is 11.0 Å². The van der Waals surface area contributed by atoms with Gasteiger partial charge < -0.3 is 0 Å². The van der Waals surface area contributed by atoms with Gasteiger partial charge in [-0.15, -0.1) is 0 Å². The molecule has 0 amide bonds. The molecule has 20 heavy (non-hydrogen) atoms. The van der Waals surface area contributed by atoms with E-state index in [-0.39, 0.29) is 11.2 Å². The van der Waals surface area contributed by atoms with Gasteiger partial charge in [-0.05, 0) is 17.5 Å². The molecule has 0 saturated carbocycles. The van der Waals surface area contributed by atoms with E-state index in [4.69, 9.17) is 0 Å². The Morgan fingerprint density at radius 3 is 2.20 bits per heavy atom. The van der Waals surface area contributed by atoms with Crippen molar-refractivity contribution >= 4 is 21.7 Å². The van der Waals surface area contributed by atoms with E-state index in [0.29, 0.717) is 6.42 Å². The van der Waals surface area contributed by atoms with Crippen LogP contribution in [0.3, 0.4) is 0 Å². The fourth-order valence-corrected chi connectivity index (χ4v) is 3.87. The van der Waals surface area contributed by atoms with Gasteiger partial charge in [-0.25, -0.2) is 0 Å². The molecule has 0 unspecified atom stereocenters. The fraction of sp³-hybridized carbons (Fsp3) is 0.278. The van der Waals surface area contributed by atoms with E-state index in [1.54, 1.807) is 0 Å². The van der Waals surface area contributed by atoms with Crippen molar-refractivity contribution in [2.24, 2.45) is 0 Å². The Morgan fingerprint density at radius 2 is 1.55 bits per heavy atom. The maximum Gasteiger partial charge on any atom is 0.181 e. The number of carbonyl (C=O) groups excluding carboxylic acids is 1. The Hall–Kier alpha value is -1.41. The van der Waals surface area contributed by atoms with Crippen LogP contribution in [-0.4, -0.2) is 10.1 Å². The lowest BCUT2D eigenvalue weighted by Gasteiger charge is -2.35. The number of hydrogen-bond acceptors (Lipinski definition) is 1. The van der Waals surface area contributed by atoms with E-state index in [1.165, 1.54) is 5.56 Å². The Labute approximate surface area is 128 Å². The van der Waals surface area contributed by atoms with Crippen LogP contribution in [0.25, 0.3) is 0 Å². The summed E-state index contributed by atoms with van der Waals surface area (Å²) in [5.74, 6) is 0.196. The Morgan fingerprint density at radius 1 is 0.950 bits per heavy atom. The van der Waals surface area contributed by atoms with Crippen LogP contribution in [0, 0.1) is 0 Å². The van der Waals surface area contributed by atoms with Crippen LogP contribution in [-0.2, 0) is 11.8 Å². The van der Waals surface area contributed by atoms with Crippen LogP contribution < -0.4 is 0 Å². The molecule has 1 nitrogen and oxygen atoms in total. The molecule has 2 heteroatoms. The average Bonchev–Trinajstić information content (AvgIpc) is 2.60. The van der Waals surface area contributed by atoms with Gasteiger partial charge >= 0.3 is 0 Å². The SMILES string of the molecule is CC1(C)c2ccccc2C(=O)[C@]1(Br)Cc1ccccc1. The first-order valence-electron chi connectivity index (χ1n) is 6.84. The van der Waals surface area contributed by atoms with Crippen molar-refractivity contribution in [3.63, 3.8) is 0 Å². The zero-order valence-corrected chi connectivity index (χ0v) is 13.3. The predicted molar refractivity (Wildman–Crippen MR) is 85.6 cm³/mol. The second kappa shape index (κ2) is 4.56. The summed E-state index contributed by atoms with van der Waals surface area (Å²) in [6, 6.07) is 18.2. The summed E-state index contributed by atoms with van der Waals surface area (Å²) >= 11 is 3.80. The monoisotopic (exact) mass is 328 g/mol. The molecule has 0 aliphatic heterocycles. The molecule has 0 bridgehead atoms. The molecule has 0 N–H and O–H groups in total. The van der Waals surface area contributed by atoms with E-state index in [9.17, 15) is 4.79 Å². The topological polar surface area (TPSA) is 17.1 Å². The molecular weight excluding hydrogens is 312 g/mol. The van der Waals surface area contributed by atoms with Gasteiger partial charge in [0.1, 0.15) is 4.32 Å². The first-order valence-corrected chi connectivity index (χ1v) is 7.63. The number of alkyl halides is 1. The van der Waals surface area contributed by atoms with Gasteiger partial charge in [0.25, 0.3) is 0 Å². The summed E-state index contributed by atoms with van der Waals surface area (Å²) < 4.78 is -0.564. The third-order valence-corrected chi connectivity index (χ3v) is 6.12. The number of Topliss-reactive ketones (excluding diaryl/α,β-unsaturated/α-hetero) is 1. The number of halogens is 1. The Bertz CT molecular complexity index is 660. The molecule has 102 valence electrons. The van der Waals surface area contributed by atoms with Gasteiger partial charge in [0.15, 0.2) is 5.78 Å². The van der Waals surface area contributed by atoms with Crippen molar-refractivity contribution in [3.05, 3.63) is 71.3 Å². The van der Waals surface area contributed by atoms with Crippen molar-refractivity contribution in [1.82, 2.24) is 0 Å². The standard InChI is InChI=1S/C18H17BrO/c1-17(2)15-11-7-6-10-14(15)16(20)18(17,19)12-13-8-4-3-5-9-13/h3-11H,12H2,1-2H3/t18-/m1/s1. The molecule has 3 rings (SSSR count). The minimum absolute atomic E-state index is 0.196. The summed E-state index contributed by atoms with van der Waals surface area (Å²) in [4.78, 5) is 12.9. The summed E-state index contributed by atoms with van der Waals surface area (Å²) in [5.41, 5.74) is 2.94. The number of rotatable bonds is 2. The van der Waals surface area contributed by atoms with E-state index >= 15 is 0 Å². The first-order chi connectivity index (χ1) is 9.47. The van der Waals surface area contributed by atoms with Gasteiger partial charge in [-0.1, -0.05) is 84.4 Å². The zero-order chi connectivity index (χ0) is 14.4. The number of hydrogen-bond donors (Lipinski definition) is 0.